The van der Waals surface area contributed by atoms with Crippen molar-refractivity contribution in [2.75, 3.05) is 0 Å². The first kappa shape index (κ1) is 16.6. The number of halogens is 1. The van der Waals surface area contributed by atoms with Crippen LogP contribution < -0.4 is 0 Å². The van der Waals surface area contributed by atoms with E-state index in [2.05, 4.69) is 35.7 Å². The van der Waals surface area contributed by atoms with E-state index in [1.54, 1.807) is 11.3 Å². The van der Waals surface area contributed by atoms with Gasteiger partial charge in [-0.25, -0.2) is 14.0 Å². The Bertz CT molecular complexity index is 840. The summed E-state index contributed by atoms with van der Waals surface area (Å²) in [6, 6.07) is 12.4. The molecule has 0 fully saturated rings. The molecule has 3 aromatic rings. The Morgan fingerprint density at radius 3 is 2.30 bits per heavy atom. The minimum Gasteiger partial charge on any atom is -0.478 e. The molecule has 0 unspecified atom stereocenters. The van der Waals surface area contributed by atoms with Crippen molar-refractivity contribution in [3.8, 4) is 0 Å². The summed E-state index contributed by atoms with van der Waals surface area (Å²) in [5, 5.41) is 20.7. The Morgan fingerprint density at radius 1 is 1.00 bits per heavy atom. The zero-order chi connectivity index (χ0) is 17.0. The zero-order valence-electron chi connectivity index (χ0n) is 12.1. The molecule has 2 aromatic carbocycles. The Kier molecular flexibility index (Phi) is 5.08. The molecule has 0 aliphatic rings. The van der Waals surface area contributed by atoms with E-state index in [1.165, 1.54) is 17.0 Å². The van der Waals surface area contributed by atoms with Gasteiger partial charge in [0, 0.05) is 4.70 Å². The lowest BCUT2D eigenvalue weighted by Crippen LogP contribution is -2.09. The number of carboxylic acid groups (broad SMARTS) is 2. The molecule has 1 heterocycles. The summed E-state index contributed by atoms with van der Waals surface area (Å²) >= 11 is 1.79. The van der Waals surface area contributed by atoms with Crippen molar-refractivity contribution < 1.29 is 24.2 Å². The number of rotatable bonds is 2. The van der Waals surface area contributed by atoms with Crippen molar-refractivity contribution in [1.82, 2.24) is 0 Å². The van der Waals surface area contributed by atoms with Gasteiger partial charge in [0.25, 0.3) is 0 Å². The Labute approximate surface area is 135 Å². The summed E-state index contributed by atoms with van der Waals surface area (Å²) in [5.74, 6) is -3.67. The number of fused-ring (bicyclic) bond motifs is 1. The van der Waals surface area contributed by atoms with Gasteiger partial charge in [-0.3, -0.25) is 0 Å². The van der Waals surface area contributed by atoms with E-state index in [0.29, 0.717) is 0 Å². The standard InChI is InChI=1S/C9H7FO4.C8H6S/c1-4-5(8(11)12)2-3-6(10)7(4)9(13)14;1-2-4-8-7(3-1)5-6-9-8/h2-3H,1H3,(H,11,12)(H,13,14);1-6H. The third-order valence-corrected chi connectivity index (χ3v) is 4.12. The van der Waals surface area contributed by atoms with Crippen LogP contribution in [0.3, 0.4) is 0 Å². The number of benzene rings is 2. The summed E-state index contributed by atoms with van der Waals surface area (Å²) in [7, 11) is 0. The molecular weight excluding hydrogens is 319 g/mol. The van der Waals surface area contributed by atoms with Gasteiger partial charge in [0.2, 0.25) is 0 Å². The SMILES string of the molecule is Cc1c(C(=O)O)ccc(F)c1C(=O)O.c1ccc2sccc2c1. The van der Waals surface area contributed by atoms with Gasteiger partial charge in [-0.05, 0) is 47.5 Å². The first-order valence-corrected chi connectivity index (χ1v) is 7.47. The van der Waals surface area contributed by atoms with Crippen LogP contribution in [-0.2, 0) is 0 Å². The molecule has 0 aliphatic carbocycles. The molecule has 0 radical (unpaired) electrons. The highest BCUT2D eigenvalue weighted by Gasteiger charge is 2.19. The topological polar surface area (TPSA) is 74.6 Å². The second kappa shape index (κ2) is 7.02. The van der Waals surface area contributed by atoms with Gasteiger partial charge in [0.1, 0.15) is 5.82 Å². The highest BCUT2D eigenvalue weighted by atomic mass is 32.1. The maximum absolute atomic E-state index is 13.0. The molecule has 0 spiro atoms. The summed E-state index contributed by atoms with van der Waals surface area (Å²) in [4.78, 5) is 21.2. The van der Waals surface area contributed by atoms with Crippen LogP contribution in [0.15, 0.2) is 47.8 Å². The van der Waals surface area contributed by atoms with Gasteiger partial charge in [-0.2, -0.15) is 0 Å². The fraction of sp³-hybridized carbons (Fsp3) is 0.0588. The van der Waals surface area contributed by atoms with E-state index < -0.39 is 23.3 Å². The average molecular weight is 332 g/mol. The predicted molar refractivity (Wildman–Crippen MR) is 86.9 cm³/mol. The molecule has 118 valence electrons. The van der Waals surface area contributed by atoms with Gasteiger partial charge in [0.05, 0.1) is 11.1 Å². The molecule has 1 aromatic heterocycles. The zero-order valence-corrected chi connectivity index (χ0v) is 12.9. The van der Waals surface area contributed by atoms with Crippen molar-refractivity contribution in [2.45, 2.75) is 6.92 Å². The minimum atomic E-state index is -1.47. The highest BCUT2D eigenvalue weighted by Crippen LogP contribution is 2.19. The summed E-state index contributed by atoms with van der Waals surface area (Å²) in [6.07, 6.45) is 0. The molecule has 0 amide bonds. The third-order valence-electron chi connectivity index (χ3n) is 3.22. The number of hydrogen-bond acceptors (Lipinski definition) is 3. The fourth-order valence-electron chi connectivity index (χ4n) is 2.08. The smallest absolute Gasteiger partial charge is 0.338 e. The van der Waals surface area contributed by atoms with Crippen molar-refractivity contribution in [2.24, 2.45) is 0 Å². The van der Waals surface area contributed by atoms with Gasteiger partial charge < -0.3 is 10.2 Å². The quantitative estimate of drug-likeness (QED) is 0.728. The molecule has 4 nitrogen and oxygen atoms in total. The molecular formula is C17H13FO4S. The minimum absolute atomic E-state index is 0.0787. The number of carbonyl (C=O) groups is 2. The second-order valence-electron chi connectivity index (χ2n) is 4.66. The maximum atomic E-state index is 13.0. The van der Waals surface area contributed by atoms with Crippen LogP contribution in [-0.4, -0.2) is 22.2 Å². The third kappa shape index (κ3) is 3.73. The fourth-order valence-corrected chi connectivity index (χ4v) is 2.87. The van der Waals surface area contributed by atoms with Crippen LogP contribution in [0.2, 0.25) is 0 Å². The van der Waals surface area contributed by atoms with Crippen LogP contribution in [0.4, 0.5) is 4.39 Å². The molecule has 0 atom stereocenters. The largest absolute Gasteiger partial charge is 0.478 e. The van der Waals surface area contributed by atoms with Gasteiger partial charge in [0.15, 0.2) is 0 Å². The predicted octanol–water partition coefficient (Wildman–Crippen LogP) is 4.43. The van der Waals surface area contributed by atoms with Crippen LogP contribution in [0.1, 0.15) is 26.3 Å². The molecule has 3 rings (SSSR count). The number of thiophene rings is 1. The summed E-state index contributed by atoms with van der Waals surface area (Å²) < 4.78 is 14.3. The number of aromatic carboxylic acids is 2. The lowest BCUT2D eigenvalue weighted by molar-refractivity contribution is 0.0691. The second-order valence-corrected chi connectivity index (χ2v) is 5.61. The van der Waals surface area contributed by atoms with Crippen LogP contribution in [0, 0.1) is 12.7 Å². The normalized spacial score (nSPS) is 10.0. The van der Waals surface area contributed by atoms with Crippen molar-refractivity contribution >= 4 is 33.4 Å². The molecule has 0 saturated heterocycles. The molecule has 0 aliphatic heterocycles. The van der Waals surface area contributed by atoms with Crippen LogP contribution in [0.25, 0.3) is 10.1 Å². The van der Waals surface area contributed by atoms with Gasteiger partial charge >= 0.3 is 11.9 Å². The molecule has 6 heteroatoms. The molecule has 0 saturated carbocycles. The van der Waals surface area contributed by atoms with Gasteiger partial charge in [-0.1, -0.05) is 18.2 Å². The number of hydrogen-bond donors (Lipinski definition) is 2. The first-order valence-electron chi connectivity index (χ1n) is 6.59. The molecule has 0 bridgehead atoms. The van der Waals surface area contributed by atoms with E-state index in [4.69, 9.17) is 10.2 Å². The van der Waals surface area contributed by atoms with E-state index >= 15 is 0 Å². The van der Waals surface area contributed by atoms with E-state index in [1.807, 2.05) is 0 Å². The van der Waals surface area contributed by atoms with E-state index in [-0.39, 0.29) is 11.1 Å². The first-order chi connectivity index (χ1) is 10.9. The van der Waals surface area contributed by atoms with E-state index in [0.717, 1.165) is 12.1 Å². The van der Waals surface area contributed by atoms with Crippen molar-refractivity contribution in [3.05, 3.63) is 70.4 Å². The van der Waals surface area contributed by atoms with Crippen LogP contribution in [0.5, 0.6) is 0 Å². The van der Waals surface area contributed by atoms with E-state index in [9.17, 15) is 14.0 Å². The monoisotopic (exact) mass is 332 g/mol. The number of carboxylic acids is 2. The maximum Gasteiger partial charge on any atom is 0.338 e. The summed E-state index contributed by atoms with van der Waals surface area (Å²) in [5.41, 5.74) is -0.876. The van der Waals surface area contributed by atoms with Gasteiger partial charge in [-0.15, -0.1) is 11.3 Å². The lowest BCUT2D eigenvalue weighted by atomic mass is 10.0. The molecule has 2 N–H and O–H groups in total. The Morgan fingerprint density at radius 2 is 1.70 bits per heavy atom. The highest BCUT2D eigenvalue weighted by molar-refractivity contribution is 7.17. The van der Waals surface area contributed by atoms with Crippen LogP contribution >= 0.6 is 11.3 Å². The average Bonchev–Trinajstić information content (AvgIpc) is 2.95. The molecule has 23 heavy (non-hydrogen) atoms. The van der Waals surface area contributed by atoms with Crippen molar-refractivity contribution in [1.29, 1.82) is 0 Å². The van der Waals surface area contributed by atoms with Crippen molar-refractivity contribution in [3.63, 3.8) is 0 Å². The Hall–Kier alpha value is -2.73. The summed E-state index contributed by atoms with van der Waals surface area (Å²) in [6.45, 7) is 1.26. The lowest BCUT2D eigenvalue weighted by Gasteiger charge is -2.05. The Balaban J connectivity index is 0.000000182.